The van der Waals surface area contributed by atoms with Crippen molar-refractivity contribution in [1.82, 2.24) is 14.7 Å². The molecular weight excluding hydrogens is 286 g/mol. The summed E-state index contributed by atoms with van der Waals surface area (Å²) in [6.07, 6.45) is 5.20. The van der Waals surface area contributed by atoms with E-state index in [1.54, 1.807) is 6.20 Å². The molecule has 1 aliphatic heterocycles. The van der Waals surface area contributed by atoms with E-state index in [0.717, 1.165) is 24.7 Å². The number of likely N-dealkylation sites (tertiary alicyclic amines) is 1. The predicted molar refractivity (Wildman–Crippen MR) is 80.6 cm³/mol. The van der Waals surface area contributed by atoms with Gasteiger partial charge in [-0.05, 0) is 37.6 Å². The van der Waals surface area contributed by atoms with E-state index in [9.17, 15) is 8.78 Å². The lowest BCUT2D eigenvalue weighted by atomic mass is 10.0. The number of hydrogen-bond acceptors (Lipinski definition) is 3. The molecule has 1 aromatic heterocycles. The SMILES string of the molecule is NCC1CCCCN1Cc1ccn(-c2ccc(F)cc2F)n1. The highest BCUT2D eigenvalue weighted by Crippen LogP contribution is 2.19. The summed E-state index contributed by atoms with van der Waals surface area (Å²) < 4.78 is 28.2. The Labute approximate surface area is 128 Å². The minimum absolute atomic E-state index is 0.252. The first-order valence-corrected chi connectivity index (χ1v) is 7.61. The second-order valence-corrected chi connectivity index (χ2v) is 5.70. The average molecular weight is 306 g/mol. The molecule has 1 atom stereocenters. The lowest BCUT2D eigenvalue weighted by Crippen LogP contribution is -2.43. The number of benzene rings is 1. The van der Waals surface area contributed by atoms with Gasteiger partial charge in [-0.25, -0.2) is 13.5 Å². The van der Waals surface area contributed by atoms with Crippen molar-refractivity contribution in [3.05, 3.63) is 47.8 Å². The minimum Gasteiger partial charge on any atom is -0.329 e. The van der Waals surface area contributed by atoms with Crippen LogP contribution in [-0.4, -0.2) is 33.8 Å². The van der Waals surface area contributed by atoms with Gasteiger partial charge in [-0.2, -0.15) is 5.10 Å². The molecule has 0 bridgehead atoms. The third-order valence-corrected chi connectivity index (χ3v) is 4.19. The third-order valence-electron chi connectivity index (χ3n) is 4.19. The molecular formula is C16H20F2N4. The van der Waals surface area contributed by atoms with Crippen molar-refractivity contribution in [3.8, 4) is 5.69 Å². The molecule has 4 nitrogen and oxygen atoms in total. The van der Waals surface area contributed by atoms with Crippen LogP contribution in [-0.2, 0) is 6.54 Å². The summed E-state index contributed by atoms with van der Waals surface area (Å²) in [4.78, 5) is 2.33. The fourth-order valence-corrected chi connectivity index (χ4v) is 2.99. The van der Waals surface area contributed by atoms with Crippen molar-refractivity contribution in [2.24, 2.45) is 5.73 Å². The van der Waals surface area contributed by atoms with Crippen LogP contribution in [0, 0.1) is 11.6 Å². The summed E-state index contributed by atoms with van der Waals surface area (Å²) in [5.41, 5.74) is 6.94. The summed E-state index contributed by atoms with van der Waals surface area (Å²) in [6, 6.07) is 5.75. The molecule has 3 rings (SSSR count). The molecule has 1 unspecified atom stereocenters. The summed E-state index contributed by atoms with van der Waals surface area (Å²) in [5.74, 6) is -1.21. The zero-order valence-electron chi connectivity index (χ0n) is 12.4. The van der Waals surface area contributed by atoms with Crippen LogP contribution in [0.15, 0.2) is 30.5 Å². The Bertz CT molecular complexity index is 641. The maximum absolute atomic E-state index is 13.8. The molecule has 0 saturated carbocycles. The average Bonchev–Trinajstić information content (AvgIpc) is 2.96. The van der Waals surface area contributed by atoms with Crippen molar-refractivity contribution in [3.63, 3.8) is 0 Å². The van der Waals surface area contributed by atoms with E-state index in [2.05, 4.69) is 10.00 Å². The van der Waals surface area contributed by atoms with Crippen LogP contribution in [0.2, 0.25) is 0 Å². The van der Waals surface area contributed by atoms with E-state index in [1.807, 2.05) is 6.07 Å². The molecule has 1 fully saturated rings. The molecule has 1 aromatic carbocycles. The van der Waals surface area contributed by atoms with Gasteiger partial charge in [0, 0.05) is 31.4 Å². The van der Waals surface area contributed by atoms with E-state index < -0.39 is 11.6 Å². The summed E-state index contributed by atoms with van der Waals surface area (Å²) in [7, 11) is 0. The van der Waals surface area contributed by atoms with Gasteiger partial charge in [-0.3, -0.25) is 4.90 Å². The molecule has 0 radical (unpaired) electrons. The van der Waals surface area contributed by atoms with Crippen LogP contribution in [0.4, 0.5) is 8.78 Å². The number of piperidine rings is 1. The number of nitrogens with two attached hydrogens (primary N) is 1. The summed E-state index contributed by atoms with van der Waals surface area (Å²) in [6.45, 7) is 2.37. The topological polar surface area (TPSA) is 47.1 Å². The summed E-state index contributed by atoms with van der Waals surface area (Å²) >= 11 is 0. The van der Waals surface area contributed by atoms with Gasteiger partial charge in [0.25, 0.3) is 0 Å². The number of hydrogen-bond donors (Lipinski definition) is 1. The van der Waals surface area contributed by atoms with Crippen molar-refractivity contribution in [2.75, 3.05) is 13.1 Å². The van der Waals surface area contributed by atoms with E-state index >= 15 is 0 Å². The molecule has 118 valence electrons. The Kier molecular flexibility index (Phi) is 4.49. The molecule has 0 spiro atoms. The van der Waals surface area contributed by atoms with Gasteiger partial charge in [0.1, 0.15) is 11.5 Å². The zero-order chi connectivity index (χ0) is 15.5. The largest absolute Gasteiger partial charge is 0.329 e. The van der Waals surface area contributed by atoms with E-state index in [-0.39, 0.29) is 5.69 Å². The Hall–Kier alpha value is -1.79. The van der Waals surface area contributed by atoms with Gasteiger partial charge < -0.3 is 5.73 Å². The van der Waals surface area contributed by atoms with Gasteiger partial charge >= 0.3 is 0 Å². The van der Waals surface area contributed by atoms with Crippen molar-refractivity contribution in [2.45, 2.75) is 31.8 Å². The Morgan fingerprint density at radius 2 is 2.09 bits per heavy atom. The van der Waals surface area contributed by atoms with Gasteiger partial charge in [0.15, 0.2) is 5.82 Å². The second-order valence-electron chi connectivity index (χ2n) is 5.70. The number of nitrogens with zero attached hydrogens (tertiary/aromatic N) is 3. The fourth-order valence-electron chi connectivity index (χ4n) is 2.99. The monoisotopic (exact) mass is 306 g/mol. The van der Waals surface area contributed by atoms with Crippen LogP contribution in [0.3, 0.4) is 0 Å². The Balaban J connectivity index is 1.76. The van der Waals surface area contributed by atoms with Crippen LogP contribution >= 0.6 is 0 Å². The quantitative estimate of drug-likeness (QED) is 0.944. The van der Waals surface area contributed by atoms with Gasteiger partial charge in [-0.15, -0.1) is 0 Å². The van der Waals surface area contributed by atoms with Crippen molar-refractivity contribution >= 4 is 0 Å². The highest BCUT2D eigenvalue weighted by atomic mass is 19.1. The molecule has 2 aromatic rings. The number of aromatic nitrogens is 2. The van der Waals surface area contributed by atoms with Gasteiger partial charge in [0.05, 0.1) is 5.69 Å². The minimum atomic E-state index is -0.618. The van der Waals surface area contributed by atoms with Crippen LogP contribution < -0.4 is 5.73 Å². The molecule has 6 heteroatoms. The van der Waals surface area contributed by atoms with E-state index in [4.69, 9.17) is 5.73 Å². The fraction of sp³-hybridized carbons (Fsp3) is 0.438. The maximum atomic E-state index is 13.8. The first-order valence-electron chi connectivity index (χ1n) is 7.61. The van der Waals surface area contributed by atoms with Crippen molar-refractivity contribution < 1.29 is 8.78 Å². The molecule has 1 saturated heterocycles. The van der Waals surface area contributed by atoms with Gasteiger partial charge in [-0.1, -0.05) is 6.42 Å². The van der Waals surface area contributed by atoms with Crippen molar-refractivity contribution in [1.29, 1.82) is 0 Å². The molecule has 2 N–H and O–H groups in total. The first kappa shape index (κ1) is 15.1. The predicted octanol–water partition coefficient (Wildman–Crippen LogP) is 2.46. The smallest absolute Gasteiger partial charge is 0.151 e. The summed E-state index contributed by atoms with van der Waals surface area (Å²) in [5, 5.41) is 4.41. The standard InChI is InChI=1S/C16H20F2N4/c17-12-4-5-16(15(18)9-12)22-8-6-13(20-22)11-21-7-2-1-3-14(21)10-19/h4-6,8-9,14H,1-3,7,10-11,19H2. The normalized spacial score (nSPS) is 19.5. The van der Waals surface area contributed by atoms with Gasteiger partial charge in [0.2, 0.25) is 0 Å². The third kappa shape index (κ3) is 3.18. The van der Waals surface area contributed by atoms with Crippen LogP contribution in [0.5, 0.6) is 0 Å². The lowest BCUT2D eigenvalue weighted by Gasteiger charge is -2.34. The Morgan fingerprint density at radius 3 is 2.86 bits per heavy atom. The lowest BCUT2D eigenvalue weighted by molar-refractivity contribution is 0.143. The molecule has 22 heavy (non-hydrogen) atoms. The molecule has 0 amide bonds. The molecule has 0 aliphatic carbocycles. The molecule has 2 heterocycles. The second kappa shape index (κ2) is 6.54. The highest BCUT2D eigenvalue weighted by Gasteiger charge is 2.21. The zero-order valence-corrected chi connectivity index (χ0v) is 12.4. The Morgan fingerprint density at radius 1 is 1.23 bits per heavy atom. The first-order chi connectivity index (χ1) is 10.7. The number of halogens is 2. The number of rotatable bonds is 4. The highest BCUT2D eigenvalue weighted by molar-refractivity contribution is 5.33. The van der Waals surface area contributed by atoms with E-state index in [1.165, 1.54) is 29.7 Å². The molecule has 1 aliphatic rings. The van der Waals surface area contributed by atoms with E-state index in [0.29, 0.717) is 19.1 Å². The maximum Gasteiger partial charge on any atom is 0.151 e. The van der Waals surface area contributed by atoms with Crippen LogP contribution in [0.1, 0.15) is 25.0 Å². The van der Waals surface area contributed by atoms with Crippen LogP contribution in [0.25, 0.3) is 5.69 Å².